The predicted octanol–water partition coefficient (Wildman–Crippen LogP) is 5.06. The standard InChI is InChI=1S/C24H20N2O2/c1-16-9-8-10-17(2)22(16)25-15-20-23(27)19-13-6-7-14-21(19)26(24(20)28)18-11-4-3-5-12-18/h3-15,27H,1-2H3. The lowest BCUT2D eigenvalue weighted by Gasteiger charge is -2.13. The van der Waals surface area contributed by atoms with E-state index in [1.807, 2.05) is 80.6 Å². The maximum Gasteiger partial charge on any atom is 0.268 e. The van der Waals surface area contributed by atoms with Crippen LogP contribution in [-0.4, -0.2) is 15.9 Å². The average molecular weight is 368 g/mol. The number of hydrogen-bond donors (Lipinski definition) is 1. The maximum absolute atomic E-state index is 13.3. The minimum Gasteiger partial charge on any atom is -0.506 e. The zero-order valence-electron chi connectivity index (χ0n) is 15.8. The molecule has 28 heavy (non-hydrogen) atoms. The molecule has 0 saturated carbocycles. The first-order chi connectivity index (χ1) is 13.6. The number of aryl methyl sites for hydroxylation is 2. The minimum atomic E-state index is -0.308. The van der Waals surface area contributed by atoms with Crippen molar-refractivity contribution in [3.63, 3.8) is 0 Å². The van der Waals surface area contributed by atoms with Gasteiger partial charge in [0, 0.05) is 17.3 Å². The van der Waals surface area contributed by atoms with Crippen LogP contribution in [0.5, 0.6) is 5.75 Å². The van der Waals surface area contributed by atoms with Gasteiger partial charge >= 0.3 is 0 Å². The summed E-state index contributed by atoms with van der Waals surface area (Å²) < 4.78 is 1.61. The Morgan fingerprint density at radius 2 is 1.50 bits per heavy atom. The number of rotatable bonds is 3. The monoisotopic (exact) mass is 368 g/mol. The summed E-state index contributed by atoms with van der Waals surface area (Å²) in [5, 5.41) is 11.4. The summed E-state index contributed by atoms with van der Waals surface area (Å²) in [6.45, 7) is 3.95. The predicted molar refractivity (Wildman–Crippen MR) is 114 cm³/mol. The summed E-state index contributed by atoms with van der Waals surface area (Å²) in [6.07, 6.45) is 1.47. The molecule has 0 saturated heterocycles. The number of benzene rings is 3. The Kier molecular flexibility index (Phi) is 4.53. The second-order valence-electron chi connectivity index (χ2n) is 6.75. The molecule has 0 atom stereocenters. The van der Waals surface area contributed by atoms with Crippen molar-refractivity contribution in [3.8, 4) is 11.4 Å². The van der Waals surface area contributed by atoms with E-state index in [-0.39, 0.29) is 16.9 Å². The zero-order chi connectivity index (χ0) is 19.7. The molecular formula is C24H20N2O2. The van der Waals surface area contributed by atoms with Crippen molar-refractivity contribution in [1.29, 1.82) is 0 Å². The molecule has 3 aromatic carbocycles. The molecule has 0 bridgehead atoms. The van der Waals surface area contributed by atoms with E-state index < -0.39 is 0 Å². The third kappa shape index (κ3) is 2.99. The van der Waals surface area contributed by atoms with E-state index in [1.165, 1.54) is 6.21 Å². The van der Waals surface area contributed by atoms with Gasteiger partial charge in [0.05, 0.1) is 11.2 Å². The molecule has 0 radical (unpaired) electrons. The number of fused-ring (bicyclic) bond motifs is 1. The van der Waals surface area contributed by atoms with E-state index in [0.717, 1.165) is 22.5 Å². The molecule has 0 aliphatic carbocycles. The number of aliphatic imine (C=N–C) groups is 1. The van der Waals surface area contributed by atoms with E-state index >= 15 is 0 Å². The molecule has 0 fully saturated rings. The van der Waals surface area contributed by atoms with Crippen molar-refractivity contribution >= 4 is 22.8 Å². The third-order valence-corrected chi connectivity index (χ3v) is 4.87. The van der Waals surface area contributed by atoms with Crippen LogP contribution < -0.4 is 5.56 Å². The highest BCUT2D eigenvalue weighted by Gasteiger charge is 2.16. The topological polar surface area (TPSA) is 54.6 Å². The smallest absolute Gasteiger partial charge is 0.268 e. The van der Waals surface area contributed by atoms with E-state index in [0.29, 0.717) is 10.9 Å². The van der Waals surface area contributed by atoms with Crippen LogP contribution in [0.15, 0.2) is 82.6 Å². The Labute approximate surface area is 163 Å². The van der Waals surface area contributed by atoms with E-state index in [9.17, 15) is 9.90 Å². The highest BCUT2D eigenvalue weighted by Crippen LogP contribution is 2.28. The SMILES string of the molecule is Cc1cccc(C)c1N=Cc1c(O)c2ccccc2n(-c2ccccc2)c1=O. The first kappa shape index (κ1) is 17.7. The molecule has 1 heterocycles. The van der Waals surface area contributed by atoms with E-state index in [2.05, 4.69) is 4.99 Å². The van der Waals surface area contributed by atoms with Crippen LogP contribution >= 0.6 is 0 Å². The second kappa shape index (κ2) is 7.16. The van der Waals surface area contributed by atoms with Gasteiger partial charge in [-0.2, -0.15) is 0 Å². The van der Waals surface area contributed by atoms with Crippen LogP contribution in [0, 0.1) is 13.8 Å². The first-order valence-corrected chi connectivity index (χ1v) is 9.10. The highest BCUT2D eigenvalue weighted by atomic mass is 16.3. The average Bonchev–Trinajstić information content (AvgIpc) is 2.71. The number of aromatic hydroxyl groups is 1. The molecule has 0 aliphatic heterocycles. The van der Waals surface area contributed by atoms with Crippen molar-refractivity contribution in [2.75, 3.05) is 0 Å². The normalized spacial score (nSPS) is 11.4. The van der Waals surface area contributed by atoms with E-state index in [1.54, 1.807) is 10.6 Å². The fourth-order valence-electron chi connectivity index (χ4n) is 3.43. The lowest BCUT2D eigenvalue weighted by atomic mass is 10.1. The Hall–Kier alpha value is -3.66. The molecule has 4 nitrogen and oxygen atoms in total. The van der Waals surface area contributed by atoms with Gasteiger partial charge in [-0.05, 0) is 49.2 Å². The summed E-state index contributed by atoms with van der Waals surface area (Å²) >= 11 is 0. The highest BCUT2D eigenvalue weighted by molar-refractivity contribution is 5.96. The van der Waals surface area contributed by atoms with Crippen molar-refractivity contribution in [3.05, 3.63) is 99.8 Å². The van der Waals surface area contributed by atoms with Crippen LogP contribution in [0.1, 0.15) is 16.7 Å². The van der Waals surface area contributed by atoms with Crippen molar-refractivity contribution in [1.82, 2.24) is 4.57 Å². The third-order valence-electron chi connectivity index (χ3n) is 4.87. The molecule has 4 aromatic rings. The fourth-order valence-corrected chi connectivity index (χ4v) is 3.43. The lowest BCUT2D eigenvalue weighted by molar-refractivity contribution is 0.479. The fraction of sp³-hybridized carbons (Fsp3) is 0.0833. The number of para-hydroxylation sites is 3. The molecule has 1 N–H and O–H groups in total. The maximum atomic E-state index is 13.3. The Balaban J connectivity index is 2.00. The molecule has 0 aliphatic rings. The lowest BCUT2D eigenvalue weighted by Crippen LogP contribution is -2.22. The van der Waals surface area contributed by atoms with Crippen molar-refractivity contribution < 1.29 is 5.11 Å². The number of nitrogens with zero attached hydrogens (tertiary/aromatic N) is 2. The number of aromatic nitrogens is 1. The number of pyridine rings is 1. The quantitative estimate of drug-likeness (QED) is 0.514. The van der Waals surface area contributed by atoms with Gasteiger partial charge in [-0.3, -0.25) is 14.4 Å². The largest absolute Gasteiger partial charge is 0.506 e. The van der Waals surface area contributed by atoms with Crippen LogP contribution in [0.4, 0.5) is 5.69 Å². The van der Waals surface area contributed by atoms with Crippen LogP contribution in [0.2, 0.25) is 0 Å². The molecule has 1 aromatic heterocycles. The first-order valence-electron chi connectivity index (χ1n) is 9.10. The molecule has 4 rings (SSSR count). The van der Waals surface area contributed by atoms with E-state index in [4.69, 9.17) is 0 Å². The molecular weight excluding hydrogens is 348 g/mol. The summed E-state index contributed by atoms with van der Waals surface area (Å²) in [4.78, 5) is 17.8. The number of hydrogen-bond acceptors (Lipinski definition) is 3. The van der Waals surface area contributed by atoms with Gasteiger partial charge in [-0.1, -0.05) is 48.5 Å². The Morgan fingerprint density at radius 1 is 0.857 bits per heavy atom. The summed E-state index contributed by atoms with van der Waals surface area (Å²) in [5.41, 5.74) is 4.09. The molecule has 138 valence electrons. The Morgan fingerprint density at radius 3 is 2.21 bits per heavy atom. The van der Waals surface area contributed by atoms with Gasteiger partial charge in [0.1, 0.15) is 11.3 Å². The Bertz CT molecular complexity index is 1230. The molecule has 0 unspecified atom stereocenters. The van der Waals surface area contributed by atoms with Crippen LogP contribution in [0.3, 0.4) is 0 Å². The second-order valence-corrected chi connectivity index (χ2v) is 6.75. The zero-order valence-corrected chi connectivity index (χ0v) is 15.8. The molecule has 4 heteroatoms. The van der Waals surface area contributed by atoms with Crippen LogP contribution in [0.25, 0.3) is 16.6 Å². The summed E-state index contributed by atoms with van der Waals surface area (Å²) in [7, 11) is 0. The van der Waals surface area contributed by atoms with Crippen LogP contribution in [-0.2, 0) is 0 Å². The molecule has 0 amide bonds. The molecule has 0 spiro atoms. The van der Waals surface area contributed by atoms with Gasteiger partial charge in [-0.15, -0.1) is 0 Å². The van der Waals surface area contributed by atoms with Gasteiger partial charge in [0.2, 0.25) is 0 Å². The van der Waals surface area contributed by atoms with Crippen molar-refractivity contribution in [2.24, 2.45) is 4.99 Å². The van der Waals surface area contributed by atoms with Gasteiger partial charge in [0.25, 0.3) is 5.56 Å². The summed E-state index contributed by atoms with van der Waals surface area (Å²) in [6, 6.07) is 22.7. The van der Waals surface area contributed by atoms with Gasteiger partial charge < -0.3 is 5.11 Å². The van der Waals surface area contributed by atoms with Crippen molar-refractivity contribution in [2.45, 2.75) is 13.8 Å². The minimum absolute atomic E-state index is 0.0530. The van der Waals surface area contributed by atoms with Gasteiger partial charge in [-0.25, -0.2) is 0 Å². The summed E-state index contributed by atoms with van der Waals surface area (Å²) in [5.74, 6) is -0.0530. The van der Waals surface area contributed by atoms with Gasteiger partial charge in [0.15, 0.2) is 0 Å².